The van der Waals surface area contributed by atoms with Crippen molar-refractivity contribution in [1.82, 2.24) is 15.4 Å². The van der Waals surface area contributed by atoms with Crippen LogP contribution in [0.4, 0.5) is 29.5 Å². The first kappa shape index (κ1) is 32.9. The van der Waals surface area contributed by atoms with Crippen LogP contribution in [0.2, 0.25) is 0 Å². The van der Waals surface area contributed by atoms with E-state index in [2.05, 4.69) is 67.7 Å². The van der Waals surface area contributed by atoms with Crippen LogP contribution in [0, 0.1) is 5.41 Å². The first-order valence-electron chi connectivity index (χ1n) is 14.6. The summed E-state index contributed by atoms with van der Waals surface area (Å²) in [6.45, 7) is 13.6. The zero-order chi connectivity index (χ0) is 31.0. The summed E-state index contributed by atoms with van der Waals surface area (Å²) < 4.78 is 46.3. The van der Waals surface area contributed by atoms with Crippen LogP contribution in [0.5, 0.6) is 5.75 Å². The van der Waals surface area contributed by atoms with E-state index >= 15 is 0 Å². The van der Waals surface area contributed by atoms with Crippen LogP contribution in [0.3, 0.4) is 0 Å². The second kappa shape index (κ2) is 14.1. The monoisotopic (exact) mass is 587 g/mol. The van der Waals surface area contributed by atoms with Gasteiger partial charge in [-0.25, -0.2) is 14.8 Å². The number of halogens is 3. The van der Waals surface area contributed by atoms with Crippen LogP contribution in [0.25, 0.3) is 10.9 Å². The largest absolute Gasteiger partial charge is 0.491 e. The van der Waals surface area contributed by atoms with Gasteiger partial charge in [-0.2, -0.15) is 13.2 Å². The maximum Gasteiger partial charge on any atom is 0.451 e. The van der Waals surface area contributed by atoms with Crippen molar-refractivity contribution in [2.24, 2.45) is 5.41 Å². The summed E-state index contributed by atoms with van der Waals surface area (Å²) in [4.78, 5) is 20.2. The molecule has 0 bridgehead atoms. The zero-order valence-electron chi connectivity index (χ0n) is 25.5. The van der Waals surface area contributed by atoms with Crippen molar-refractivity contribution in [2.75, 3.05) is 17.3 Å². The molecule has 3 N–H and O–H groups in total. The van der Waals surface area contributed by atoms with E-state index in [4.69, 9.17) is 4.74 Å². The van der Waals surface area contributed by atoms with Crippen molar-refractivity contribution in [3.63, 3.8) is 0 Å². The van der Waals surface area contributed by atoms with Gasteiger partial charge in [0, 0.05) is 5.39 Å². The normalized spacial score (nSPS) is 12.3. The van der Waals surface area contributed by atoms with Crippen LogP contribution in [-0.4, -0.2) is 22.6 Å². The van der Waals surface area contributed by atoms with E-state index in [-0.39, 0.29) is 22.2 Å². The van der Waals surface area contributed by atoms with Crippen LogP contribution in [0.15, 0.2) is 42.5 Å². The van der Waals surface area contributed by atoms with E-state index in [1.54, 1.807) is 18.2 Å². The Morgan fingerprint density at radius 3 is 2.29 bits per heavy atom. The van der Waals surface area contributed by atoms with Crippen molar-refractivity contribution in [3.8, 4) is 5.75 Å². The third-order valence-corrected chi connectivity index (χ3v) is 6.89. The second-order valence-electron chi connectivity index (χ2n) is 12.6. The molecular weight excluding hydrogens is 543 g/mol. The van der Waals surface area contributed by atoms with Crippen LogP contribution in [0.1, 0.15) is 97.9 Å². The molecule has 1 heterocycles. The number of fused-ring (bicyclic) bond motifs is 1. The van der Waals surface area contributed by atoms with E-state index in [1.807, 2.05) is 18.2 Å². The topological polar surface area (TPSA) is 88.2 Å². The van der Waals surface area contributed by atoms with Gasteiger partial charge in [0.05, 0.1) is 17.8 Å². The average Bonchev–Trinajstić information content (AvgIpc) is 2.89. The van der Waals surface area contributed by atoms with Gasteiger partial charge in [0.25, 0.3) is 0 Å². The van der Waals surface area contributed by atoms with Gasteiger partial charge >= 0.3 is 12.2 Å². The molecule has 0 atom stereocenters. The van der Waals surface area contributed by atoms with Gasteiger partial charge in [-0.1, -0.05) is 91.8 Å². The van der Waals surface area contributed by atoms with Gasteiger partial charge in [0.1, 0.15) is 5.75 Å². The molecule has 0 saturated carbocycles. The Hall–Kier alpha value is -3.56. The number of urea groups is 1. The number of nitrogens with zero attached hydrogens (tertiary/aromatic N) is 2. The number of rotatable bonds is 13. The molecule has 7 nitrogen and oxygen atoms in total. The third-order valence-electron chi connectivity index (χ3n) is 6.89. The van der Waals surface area contributed by atoms with E-state index in [0.717, 1.165) is 31.2 Å². The molecule has 0 aliphatic carbocycles. The number of benzene rings is 2. The summed E-state index contributed by atoms with van der Waals surface area (Å²) in [5.41, 5.74) is 6.47. The number of nitrogens with one attached hydrogen (secondary N) is 3. The van der Waals surface area contributed by atoms with Crippen molar-refractivity contribution < 1.29 is 22.7 Å². The molecular formula is C32H44F3N5O2. The summed E-state index contributed by atoms with van der Waals surface area (Å²) in [6.07, 6.45) is 2.92. The maximum atomic E-state index is 13.4. The number of aromatic nitrogens is 2. The number of carbonyl (C=O) groups is 1. The highest BCUT2D eigenvalue weighted by molar-refractivity contribution is 5.94. The predicted molar refractivity (Wildman–Crippen MR) is 163 cm³/mol. The lowest BCUT2D eigenvalue weighted by Gasteiger charge is -2.33. The molecule has 42 heavy (non-hydrogen) atoms. The number of amides is 2. The van der Waals surface area contributed by atoms with E-state index in [0.29, 0.717) is 23.4 Å². The quantitative estimate of drug-likeness (QED) is 0.137. The van der Waals surface area contributed by atoms with Crippen molar-refractivity contribution in [2.45, 2.75) is 98.1 Å². The van der Waals surface area contributed by atoms with Gasteiger partial charge in [-0.05, 0) is 53.5 Å². The summed E-state index contributed by atoms with van der Waals surface area (Å²) in [5.74, 6) is -0.936. The van der Waals surface area contributed by atoms with Gasteiger partial charge in [-0.15, -0.1) is 0 Å². The molecule has 0 aliphatic heterocycles. The highest BCUT2D eigenvalue weighted by Gasteiger charge is 2.35. The molecule has 0 radical (unpaired) electrons. The number of unbranched alkanes of at least 4 members (excludes halogenated alkanes) is 5. The number of ether oxygens (including phenoxy) is 1. The highest BCUT2D eigenvalue weighted by Crippen LogP contribution is 2.39. The van der Waals surface area contributed by atoms with Crippen LogP contribution in [-0.2, 0) is 11.6 Å². The van der Waals surface area contributed by atoms with E-state index < -0.39 is 18.0 Å². The lowest BCUT2D eigenvalue weighted by molar-refractivity contribution is -0.144. The number of hydrogen-bond donors (Lipinski definition) is 3. The van der Waals surface area contributed by atoms with Crippen molar-refractivity contribution in [1.29, 1.82) is 0 Å². The molecule has 0 saturated heterocycles. The molecule has 10 heteroatoms. The molecule has 2 amide bonds. The number of anilines is 2. The van der Waals surface area contributed by atoms with Crippen LogP contribution < -0.4 is 20.9 Å². The highest BCUT2D eigenvalue weighted by atomic mass is 19.4. The SMILES string of the molecule is CCCCCCCCOc1ccc(C(C)(C)CC(C)(C)C)cc1NC(=O)NNc1nc(C(F)(F)F)nc2ccccc12. The number of hydrazine groups is 1. The zero-order valence-corrected chi connectivity index (χ0v) is 25.5. The van der Waals surface area contributed by atoms with Gasteiger partial charge in [0.2, 0.25) is 5.82 Å². The Morgan fingerprint density at radius 2 is 1.60 bits per heavy atom. The first-order chi connectivity index (χ1) is 19.7. The minimum absolute atomic E-state index is 0.0842. The molecule has 0 aliphatic rings. The summed E-state index contributed by atoms with van der Waals surface area (Å²) >= 11 is 0. The lowest BCUT2D eigenvalue weighted by Crippen LogP contribution is -2.34. The Labute approximate surface area is 247 Å². The minimum atomic E-state index is -4.74. The predicted octanol–water partition coefficient (Wildman–Crippen LogP) is 9.25. The fourth-order valence-electron chi connectivity index (χ4n) is 5.24. The van der Waals surface area contributed by atoms with Gasteiger partial charge in [0.15, 0.2) is 5.82 Å². The lowest BCUT2D eigenvalue weighted by atomic mass is 9.72. The molecule has 0 fully saturated rings. The third kappa shape index (κ3) is 9.77. The van der Waals surface area contributed by atoms with E-state index in [9.17, 15) is 18.0 Å². The Balaban J connectivity index is 1.79. The van der Waals surface area contributed by atoms with Crippen LogP contribution >= 0.6 is 0 Å². The second-order valence-corrected chi connectivity index (χ2v) is 12.6. The molecule has 0 spiro atoms. The average molecular weight is 588 g/mol. The fourth-order valence-corrected chi connectivity index (χ4v) is 5.24. The Kier molecular flexibility index (Phi) is 11.0. The maximum absolute atomic E-state index is 13.4. The first-order valence-corrected chi connectivity index (χ1v) is 14.6. The molecule has 1 aromatic heterocycles. The van der Waals surface area contributed by atoms with Gasteiger partial charge in [-0.3, -0.25) is 10.9 Å². The smallest absolute Gasteiger partial charge is 0.451 e. The van der Waals surface area contributed by atoms with Crippen molar-refractivity contribution >= 4 is 28.4 Å². The number of alkyl halides is 3. The molecule has 230 valence electrons. The standard InChI is InChI=1S/C32H44F3N5O2/c1-7-8-9-10-11-14-19-42-26-18-17-22(31(5,6)21-30(2,3)4)20-25(26)37-29(41)40-39-27-23-15-12-13-16-24(23)36-28(38-27)32(33,34)35/h12-13,15-18,20H,7-11,14,19,21H2,1-6H3,(H,36,38,39)(H2,37,40,41). The number of hydrogen-bond acceptors (Lipinski definition) is 5. The van der Waals surface area contributed by atoms with E-state index in [1.165, 1.54) is 25.3 Å². The number of carbonyl (C=O) groups excluding carboxylic acids is 1. The fraction of sp³-hybridized carbons (Fsp3) is 0.531. The molecule has 3 aromatic rings. The Bertz CT molecular complexity index is 1340. The minimum Gasteiger partial charge on any atom is -0.491 e. The summed E-state index contributed by atoms with van der Waals surface area (Å²) in [7, 11) is 0. The summed E-state index contributed by atoms with van der Waals surface area (Å²) in [5, 5.41) is 3.15. The van der Waals surface area contributed by atoms with Gasteiger partial charge < -0.3 is 10.1 Å². The Morgan fingerprint density at radius 1 is 0.905 bits per heavy atom. The summed E-state index contributed by atoms with van der Waals surface area (Å²) in [6, 6.07) is 11.4. The molecule has 2 aromatic carbocycles. The van der Waals surface area contributed by atoms with Crippen molar-refractivity contribution in [3.05, 3.63) is 53.9 Å². The molecule has 3 rings (SSSR count). The number of para-hydroxylation sites is 1. The molecule has 0 unspecified atom stereocenters.